The number of carbonyl (C=O) groups is 4. The fourth-order valence-electron chi connectivity index (χ4n) is 8.74. The van der Waals surface area contributed by atoms with Gasteiger partial charge in [0.2, 0.25) is 0 Å². The van der Waals surface area contributed by atoms with E-state index in [-0.39, 0.29) is 36.7 Å². The molecule has 0 fully saturated rings. The summed E-state index contributed by atoms with van der Waals surface area (Å²) in [5.41, 5.74) is 4.85. The first-order valence-corrected chi connectivity index (χ1v) is 27.9. The van der Waals surface area contributed by atoms with Crippen LogP contribution in [0.1, 0.15) is 231 Å². The Morgan fingerprint density at radius 1 is 0.582 bits per heavy atom. The summed E-state index contributed by atoms with van der Waals surface area (Å²) < 4.78 is 23.0. The molecule has 67 heavy (non-hydrogen) atoms. The fourth-order valence-corrected chi connectivity index (χ4v) is 9.76. The Balaban J connectivity index is 1.47. The number of rotatable bonds is 39. The topological polar surface area (TPSA) is 117 Å². The van der Waals surface area contributed by atoms with Crippen LogP contribution in [-0.4, -0.2) is 59.9 Å². The van der Waals surface area contributed by atoms with E-state index in [1.54, 1.807) is 20.8 Å². The number of unbranched alkanes of at least 4 members (excludes halogenated alkanes) is 24. The van der Waals surface area contributed by atoms with Gasteiger partial charge in [0.05, 0.1) is 0 Å². The Morgan fingerprint density at radius 3 is 1.61 bits per heavy atom. The van der Waals surface area contributed by atoms with Crippen molar-refractivity contribution in [1.82, 2.24) is 5.32 Å². The Hall–Kier alpha value is -3.53. The van der Waals surface area contributed by atoms with Crippen molar-refractivity contribution in [2.75, 3.05) is 18.1 Å². The number of benzene rings is 2. The molecule has 0 spiro atoms. The molecule has 0 saturated heterocycles. The molecular formula is C57H91NO8S. The summed E-state index contributed by atoms with van der Waals surface area (Å²) in [4.78, 5) is 52.7. The van der Waals surface area contributed by atoms with Gasteiger partial charge in [-0.1, -0.05) is 210 Å². The number of nitrogens with one attached hydrogen (secondary N) is 1. The van der Waals surface area contributed by atoms with Crippen LogP contribution in [0.4, 0.5) is 4.79 Å². The predicted octanol–water partition coefficient (Wildman–Crippen LogP) is 15.3. The van der Waals surface area contributed by atoms with Gasteiger partial charge in [-0.05, 0) is 67.9 Å². The second-order valence-electron chi connectivity index (χ2n) is 19.9. The number of hydrogen-bond acceptors (Lipinski definition) is 9. The van der Waals surface area contributed by atoms with Crippen LogP contribution in [0.3, 0.4) is 0 Å². The van der Waals surface area contributed by atoms with Crippen LogP contribution in [-0.2, 0) is 46.4 Å². The van der Waals surface area contributed by atoms with Crippen LogP contribution in [0.5, 0.6) is 0 Å². The van der Waals surface area contributed by atoms with Crippen LogP contribution >= 0.6 is 11.8 Å². The molecule has 0 unspecified atom stereocenters. The molecule has 3 rings (SSSR count). The Kier molecular flexibility index (Phi) is 30.7. The Morgan fingerprint density at radius 2 is 1.07 bits per heavy atom. The normalized spacial score (nSPS) is 12.8. The zero-order chi connectivity index (χ0) is 48.4. The fraction of sp³-hybridized carbons (Fsp3) is 0.719. The predicted molar refractivity (Wildman–Crippen MR) is 276 cm³/mol. The number of thioether (sulfide) groups is 1. The van der Waals surface area contributed by atoms with Crippen molar-refractivity contribution in [3.63, 3.8) is 0 Å². The molecule has 0 radical (unpaired) electrons. The molecule has 2 aromatic rings. The Labute approximate surface area is 411 Å². The summed E-state index contributed by atoms with van der Waals surface area (Å²) in [6.45, 7) is 9.84. The molecule has 0 saturated carbocycles. The van der Waals surface area contributed by atoms with E-state index in [1.165, 1.54) is 151 Å². The molecular weight excluding hydrogens is 859 g/mol. The van der Waals surface area contributed by atoms with Crippen LogP contribution in [0.15, 0.2) is 42.5 Å². The van der Waals surface area contributed by atoms with Gasteiger partial charge >= 0.3 is 24.0 Å². The van der Waals surface area contributed by atoms with Crippen LogP contribution in [0.2, 0.25) is 0 Å². The monoisotopic (exact) mass is 950 g/mol. The maximum Gasteiger partial charge on any atom is 0.408 e. The highest BCUT2D eigenvalue weighted by molar-refractivity contribution is 7.99. The van der Waals surface area contributed by atoms with E-state index >= 15 is 0 Å². The molecule has 10 heteroatoms. The zero-order valence-electron chi connectivity index (χ0n) is 42.7. The average molecular weight is 950 g/mol. The maximum absolute atomic E-state index is 13.4. The molecule has 378 valence electrons. The average Bonchev–Trinajstić information content (AvgIpc) is 3.69. The molecule has 0 aromatic heterocycles. The standard InChI is InChI=1S/C57H91NO8S/c1-6-8-10-12-14-16-18-20-22-24-26-28-30-39-53(59)63-43-48(65-54(60)40-31-29-27-25-23-21-19-17-15-13-11-9-7-2)44-67-45-52(55(61)66-57(3,4)5)58-56(62)64-42-47-36-34-38-50-49-37-33-32-35-46(49)41-51(47)50/h32-38,48,52H,6-31,39-45H2,1-5H3,(H,58,62)/t48-,52-/m0/s1. The maximum atomic E-state index is 13.4. The molecule has 0 bridgehead atoms. The lowest BCUT2D eigenvalue weighted by atomic mass is 10.0. The van der Waals surface area contributed by atoms with Crippen molar-refractivity contribution in [3.05, 3.63) is 59.2 Å². The van der Waals surface area contributed by atoms with Crippen LogP contribution < -0.4 is 5.32 Å². The van der Waals surface area contributed by atoms with E-state index in [9.17, 15) is 19.2 Å². The summed E-state index contributed by atoms with van der Waals surface area (Å²) in [5, 5.41) is 2.74. The van der Waals surface area contributed by atoms with Crippen molar-refractivity contribution in [2.45, 2.75) is 245 Å². The first-order valence-electron chi connectivity index (χ1n) is 26.8. The lowest BCUT2D eigenvalue weighted by Crippen LogP contribution is -2.46. The van der Waals surface area contributed by atoms with E-state index < -0.39 is 29.8 Å². The molecule has 2 aromatic carbocycles. The summed E-state index contributed by atoms with van der Waals surface area (Å²) in [6.07, 6.45) is 31.8. The highest BCUT2D eigenvalue weighted by Crippen LogP contribution is 2.38. The quantitative estimate of drug-likeness (QED) is 0.0339. The molecule has 1 aliphatic carbocycles. The van der Waals surface area contributed by atoms with Gasteiger partial charge in [0.15, 0.2) is 0 Å². The minimum Gasteiger partial charge on any atom is -0.462 e. The first-order chi connectivity index (χ1) is 32.5. The molecule has 9 nitrogen and oxygen atoms in total. The molecule has 1 amide bonds. The van der Waals surface area contributed by atoms with Gasteiger partial charge in [-0.3, -0.25) is 9.59 Å². The third kappa shape index (κ3) is 26.7. The van der Waals surface area contributed by atoms with E-state index in [4.69, 9.17) is 18.9 Å². The number of fused-ring (bicyclic) bond motifs is 3. The second-order valence-corrected chi connectivity index (χ2v) is 21.0. The van der Waals surface area contributed by atoms with Gasteiger partial charge in [-0.15, -0.1) is 0 Å². The highest BCUT2D eigenvalue weighted by atomic mass is 32.2. The second kappa shape index (κ2) is 35.6. The van der Waals surface area contributed by atoms with Crippen molar-refractivity contribution in [3.8, 4) is 11.1 Å². The van der Waals surface area contributed by atoms with Crippen LogP contribution in [0, 0.1) is 0 Å². The number of carbonyl (C=O) groups excluding carboxylic acids is 4. The number of amides is 1. The summed E-state index contributed by atoms with van der Waals surface area (Å²) in [6, 6.07) is 13.3. The number of alkyl carbamates (subject to hydrolysis) is 1. The number of esters is 3. The van der Waals surface area contributed by atoms with E-state index in [0.717, 1.165) is 61.6 Å². The molecule has 2 atom stereocenters. The van der Waals surface area contributed by atoms with Crippen LogP contribution in [0.25, 0.3) is 11.1 Å². The highest BCUT2D eigenvalue weighted by Gasteiger charge is 2.29. The van der Waals surface area contributed by atoms with Gasteiger partial charge in [-0.25, -0.2) is 9.59 Å². The molecule has 1 N–H and O–H groups in total. The van der Waals surface area contributed by atoms with Gasteiger partial charge in [0, 0.05) is 24.3 Å². The summed E-state index contributed by atoms with van der Waals surface area (Å²) in [7, 11) is 0. The third-order valence-corrected chi connectivity index (χ3v) is 13.8. The van der Waals surface area contributed by atoms with E-state index in [0.29, 0.717) is 12.8 Å². The SMILES string of the molecule is CCCCCCCCCCCCCCCC(=O)OC[C@@H](CSC[C@H](NC(=O)OCc1cccc2c1Cc1ccccc1-2)C(=O)OC(C)(C)C)OC(=O)CCCCCCCCCCCCCCC. The van der Waals surface area contributed by atoms with Crippen molar-refractivity contribution in [2.24, 2.45) is 0 Å². The van der Waals surface area contributed by atoms with E-state index in [1.807, 2.05) is 24.3 Å². The van der Waals surface area contributed by atoms with Crippen molar-refractivity contribution >= 4 is 35.8 Å². The minimum atomic E-state index is -1.03. The largest absolute Gasteiger partial charge is 0.462 e. The van der Waals surface area contributed by atoms with E-state index in [2.05, 4.69) is 37.4 Å². The van der Waals surface area contributed by atoms with Gasteiger partial charge in [0.1, 0.15) is 31.0 Å². The van der Waals surface area contributed by atoms with Crippen molar-refractivity contribution in [1.29, 1.82) is 0 Å². The number of hydrogen-bond donors (Lipinski definition) is 1. The first kappa shape index (κ1) is 57.8. The summed E-state index contributed by atoms with van der Waals surface area (Å²) >= 11 is 1.33. The molecule has 1 aliphatic rings. The van der Waals surface area contributed by atoms with Crippen molar-refractivity contribution < 1.29 is 38.1 Å². The van der Waals surface area contributed by atoms with Gasteiger partial charge < -0.3 is 24.3 Å². The summed E-state index contributed by atoms with van der Waals surface area (Å²) in [5.74, 6) is -0.798. The van der Waals surface area contributed by atoms with Gasteiger partial charge in [-0.2, -0.15) is 11.8 Å². The lowest BCUT2D eigenvalue weighted by Gasteiger charge is -2.25. The molecule has 0 heterocycles. The third-order valence-electron chi connectivity index (χ3n) is 12.6. The molecule has 0 aliphatic heterocycles. The lowest BCUT2D eigenvalue weighted by molar-refractivity contribution is -0.158. The zero-order valence-corrected chi connectivity index (χ0v) is 43.5. The number of ether oxygens (including phenoxy) is 4. The minimum absolute atomic E-state index is 0.0547. The Bertz CT molecular complexity index is 1670. The van der Waals surface area contributed by atoms with Gasteiger partial charge in [0.25, 0.3) is 0 Å². The smallest absolute Gasteiger partial charge is 0.408 e.